The molecule has 27 heavy (non-hydrogen) atoms. The molecule has 9 heteroatoms. The standard InChI is InChI=1S/C18H20F5N3O/c1-3-12-4-6-13(7-5-12)16(24-2)26-25-14-8-10-15(11-9-14)27-18(22,23)17(19,20)21/h6,8-12,25H,2-5,7H2,1H3/b26-16-. The minimum absolute atomic E-state index is 0.377. The molecule has 1 aromatic rings. The number of anilines is 1. The van der Waals surface area contributed by atoms with E-state index in [1.54, 1.807) is 0 Å². The molecule has 1 atom stereocenters. The Labute approximate surface area is 153 Å². The number of alkyl halides is 5. The topological polar surface area (TPSA) is 46.0 Å². The van der Waals surface area contributed by atoms with Crippen LogP contribution in [0.25, 0.3) is 0 Å². The van der Waals surface area contributed by atoms with Gasteiger partial charge in [0, 0.05) is 0 Å². The zero-order valence-corrected chi connectivity index (χ0v) is 14.7. The Hall–Kier alpha value is -2.45. The van der Waals surface area contributed by atoms with Gasteiger partial charge in [0.1, 0.15) is 5.75 Å². The van der Waals surface area contributed by atoms with E-state index in [1.165, 1.54) is 12.1 Å². The number of ether oxygens (including phenoxy) is 1. The molecular formula is C18H20F5N3O. The van der Waals surface area contributed by atoms with Crippen molar-refractivity contribution in [2.75, 3.05) is 5.43 Å². The second-order valence-electron chi connectivity index (χ2n) is 6.12. The smallest absolute Gasteiger partial charge is 0.426 e. The van der Waals surface area contributed by atoms with Crippen LogP contribution in [-0.4, -0.2) is 24.8 Å². The molecule has 1 aliphatic carbocycles. The quantitative estimate of drug-likeness (QED) is 0.290. The normalized spacial score (nSPS) is 18.7. The third kappa shape index (κ3) is 5.51. The molecule has 4 nitrogen and oxygen atoms in total. The third-order valence-corrected chi connectivity index (χ3v) is 4.26. The zero-order valence-electron chi connectivity index (χ0n) is 14.7. The van der Waals surface area contributed by atoms with Gasteiger partial charge in [-0.2, -0.15) is 27.1 Å². The number of allylic oxidation sites excluding steroid dienone is 1. The maximum absolute atomic E-state index is 12.9. The van der Waals surface area contributed by atoms with Gasteiger partial charge in [-0.1, -0.05) is 19.4 Å². The third-order valence-electron chi connectivity index (χ3n) is 4.26. The van der Waals surface area contributed by atoms with Crippen LogP contribution >= 0.6 is 0 Å². The van der Waals surface area contributed by atoms with Crippen LogP contribution in [0.5, 0.6) is 5.75 Å². The van der Waals surface area contributed by atoms with Crippen LogP contribution in [0.2, 0.25) is 0 Å². The Morgan fingerprint density at radius 3 is 2.37 bits per heavy atom. The van der Waals surface area contributed by atoms with Gasteiger partial charge in [-0.15, -0.1) is 0 Å². The van der Waals surface area contributed by atoms with Crippen molar-refractivity contribution in [1.82, 2.24) is 0 Å². The highest BCUT2D eigenvalue weighted by molar-refractivity contribution is 6.01. The number of halogens is 5. The van der Waals surface area contributed by atoms with E-state index in [4.69, 9.17) is 0 Å². The highest BCUT2D eigenvalue weighted by Gasteiger charge is 2.61. The monoisotopic (exact) mass is 389 g/mol. The summed E-state index contributed by atoms with van der Waals surface area (Å²) in [5.74, 6) is 0.457. The van der Waals surface area contributed by atoms with Crippen LogP contribution in [0.15, 0.2) is 46.0 Å². The van der Waals surface area contributed by atoms with Crippen LogP contribution in [-0.2, 0) is 0 Å². The van der Waals surface area contributed by atoms with E-state index < -0.39 is 18.0 Å². The number of nitrogens with one attached hydrogen (secondary N) is 1. The molecule has 0 bridgehead atoms. The second kappa shape index (κ2) is 8.49. The van der Waals surface area contributed by atoms with Crippen molar-refractivity contribution in [3.8, 4) is 5.75 Å². The molecular weight excluding hydrogens is 369 g/mol. The van der Waals surface area contributed by atoms with Gasteiger partial charge >= 0.3 is 12.3 Å². The van der Waals surface area contributed by atoms with E-state index in [0.29, 0.717) is 17.4 Å². The van der Waals surface area contributed by atoms with Gasteiger partial charge in [-0.3, -0.25) is 5.43 Å². The Balaban J connectivity index is 2.02. The van der Waals surface area contributed by atoms with Crippen LogP contribution in [0.3, 0.4) is 0 Å². The maximum atomic E-state index is 12.9. The van der Waals surface area contributed by atoms with Crippen LogP contribution < -0.4 is 10.2 Å². The highest BCUT2D eigenvalue weighted by atomic mass is 19.4. The SMILES string of the molecule is C=N/C(=N\Nc1ccc(OC(F)(F)C(F)(F)F)cc1)C1=CCC(CC)CC1. The van der Waals surface area contributed by atoms with Gasteiger partial charge in [0.25, 0.3) is 0 Å². The number of amidine groups is 1. The van der Waals surface area contributed by atoms with Crippen molar-refractivity contribution in [2.24, 2.45) is 16.0 Å². The molecule has 1 aromatic carbocycles. The summed E-state index contributed by atoms with van der Waals surface area (Å²) in [4.78, 5) is 3.89. The average molecular weight is 389 g/mol. The Morgan fingerprint density at radius 1 is 1.22 bits per heavy atom. The minimum atomic E-state index is -5.79. The molecule has 0 spiro atoms. The summed E-state index contributed by atoms with van der Waals surface area (Å²) >= 11 is 0. The molecule has 0 aliphatic heterocycles. The Morgan fingerprint density at radius 2 is 1.89 bits per heavy atom. The fourth-order valence-corrected chi connectivity index (χ4v) is 2.59. The molecule has 148 valence electrons. The molecule has 1 N–H and O–H groups in total. The van der Waals surface area contributed by atoms with Crippen molar-refractivity contribution in [2.45, 2.75) is 44.9 Å². The van der Waals surface area contributed by atoms with E-state index >= 15 is 0 Å². The van der Waals surface area contributed by atoms with Crippen molar-refractivity contribution in [3.05, 3.63) is 35.9 Å². The summed E-state index contributed by atoms with van der Waals surface area (Å²) in [6.07, 6.45) is -5.05. The molecule has 1 aliphatic rings. The summed E-state index contributed by atoms with van der Waals surface area (Å²) in [7, 11) is 0. The molecule has 1 unspecified atom stereocenters. The number of rotatable bonds is 6. The molecule has 0 amide bonds. The summed E-state index contributed by atoms with van der Waals surface area (Å²) < 4.78 is 65.9. The van der Waals surface area contributed by atoms with Crippen LogP contribution in [0.1, 0.15) is 32.6 Å². The number of benzene rings is 1. The van der Waals surface area contributed by atoms with Crippen molar-refractivity contribution < 1.29 is 26.7 Å². The molecule has 2 rings (SSSR count). The lowest BCUT2D eigenvalue weighted by Crippen LogP contribution is -2.41. The van der Waals surface area contributed by atoms with Gasteiger partial charge < -0.3 is 4.74 Å². The predicted octanol–water partition coefficient (Wildman–Crippen LogP) is 5.78. The van der Waals surface area contributed by atoms with Crippen LogP contribution in [0.4, 0.5) is 27.6 Å². The van der Waals surface area contributed by atoms with Gasteiger partial charge in [-0.25, -0.2) is 4.99 Å². The number of hydrazone groups is 1. The molecule has 0 heterocycles. The summed E-state index contributed by atoms with van der Waals surface area (Å²) in [6.45, 7) is 5.64. The Kier molecular flexibility index (Phi) is 6.56. The largest absolute Gasteiger partial charge is 0.499 e. The van der Waals surface area contributed by atoms with E-state index in [1.807, 2.05) is 0 Å². The lowest BCUT2D eigenvalue weighted by atomic mass is 9.87. The first-order valence-electron chi connectivity index (χ1n) is 8.39. The minimum Gasteiger partial charge on any atom is -0.426 e. The number of hydrogen-bond donors (Lipinski definition) is 1. The predicted molar refractivity (Wildman–Crippen MR) is 94.4 cm³/mol. The molecule has 0 saturated heterocycles. The van der Waals surface area contributed by atoms with Crippen LogP contribution in [0, 0.1) is 5.92 Å². The summed E-state index contributed by atoms with van der Waals surface area (Å²) in [5, 5.41) is 4.13. The fourth-order valence-electron chi connectivity index (χ4n) is 2.59. The molecule has 0 saturated carbocycles. The summed E-state index contributed by atoms with van der Waals surface area (Å²) in [6, 6.07) is 4.52. The number of aliphatic imine (C=N–C) groups is 1. The second-order valence-corrected chi connectivity index (χ2v) is 6.12. The first kappa shape index (κ1) is 20.9. The fraction of sp³-hybridized carbons (Fsp3) is 0.444. The molecule has 0 aromatic heterocycles. The lowest BCUT2D eigenvalue weighted by Gasteiger charge is -2.20. The first-order chi connectivity index (χ1) is 12.7. The first-order valence-corrected chi connectivity index (χ1v) is 8.39. The summed E-state index contributed by atoms with van der Waals surface area (Å²) in [5.41, 5.74) is 4.03. The zero-order chi connectivity index (χ0) is 20.1. The molecule has 0 radical (unpaired) electrons. The average Bonchev–Trinajstić information content (AvgIpc) is 2.63. The molecule has 0 fully saturated rings. The van der Waals surface area contributed by atoms with Gasteiger partial charge in [0.05, 0.1) is 5.69 Å². The van der Waals surface area contributed by atoms with E-state index in [9.17, 15) is 22.0 Å². The Bertz CT molecular complexity index is 711. The van der Waals surface area contributed by atoms with Gasteiger partial charge in [0.2, 0.25) is 0 Å². The van der Waals surface area contributed by atoms with Gasteiger partial charge in [0.15, 0.2) is 5.84 Å². The van der Waals surface area contributed by atoms with Crippen molar-refractivity contribution >= 4 is 18.2 Å². The van der Waals surface area contributed by atoms with Gasteiger partial charge in [-0.05, 0) is 61.7 Å². The van der Waals surface area contributed by atoms with E-state index in [2.05, 4.69) is 40.0 Å². The van der Waals surface area contributed by atoms with E-state index in [-0.39, 0.29) is 0 Å². The van der Waals surface area contributed by atoms with E-state index in [0.717, 1.165) is 43.4 Å². The number of hydrogen-bond acceptors (Lipinski definition) is 3. The maximum Gasteiger partial charge on any atom is 0.499 e. The lowest BCUT2D eigenvalue weighted by molar-refractivity contribution is -0.360. The highest BCUT2D eigenvalue weighted by Crippen LogP contribution is 2.37. The van der Waals surface area contributed by atoms with Crippen molar-refractivity contribution in [3.63, 3.8) is 0 Å². The van der Waals surface area contributed by atoms with Crippen molar-refractivity contribution in [1.29, 1.82) is 0 Å². The number of nitrogens with zero attached hydrogens (tertiary/aromatic N) is 2.